The van der Waals surface area contributed by atoms with Crippen molar-refractivity contribution >= 4 is 11.8 Å². The van der Waals surface area contributed by atoms with Crippen molar-refractivity contribution in [3.63, 3.8) is 0 Å². The van der Waals surface area contributed by atoms with Gasteiger partial charge < -0.3 is 10.2 Å². The summed E-state index contributed by atoms with van der Waals surface area (Å²) < 4.78 is 1.90. The van der Waals surface area contributed by atoms with Crippen molar-refractivity contribution in [1.82, 2.24) is 20.0 Å². The summed E-state index contributed by atoms with van der Waals surface area (Å²) >= 11 is 0. The summed E-state index contributed by atoms with van der Waals surface area (Å²) in [6.45, 7) is 15.8. The first kappa shape index (κ1) is 18.9. The van der Waals surface area contributed by atoms with Gasteiger partial charge in [0, 0.05) is 18.3 Å². The molecule has 23 heavy (non-hydrogen) atoms. The van der Waals surface area contributed by atoms with Crippen molar-refractivity contribution in [3.05, 3.63) is 30.1 Å². The molecule has 1 heterocycles. The minimum atomic E-state index is -0.243. The summed E-state index contributed by atoms with van der Waals surface area (Å²) in [5.74, 6) is -0.440. The van der Waals surface area contributed by atoms with Gasteiger partial charge in [0.15, 0.2) is 0 Å². The number of aryl methyl sites for hydroxylation is 1. The van der Waals surface area contributed by atoms with Gasteiger partial charge in [0.2, 0.25) is 11.8 Å². The molecule has 1 unspecified atom stereocenters. The van der Waals surface area contributed by atoms with Crippen LogP contribution in [0.5, 0.6) is 0 Å². The van der Waals surface area contributed by atoms with Gasteiger partial charge in [-0.05, 0) is 47.6 Å². The van der Waals surface area contributed by atoms with E-state index in [1.54, 1.807) is 0 Å². The third-order valence-electron chi connectivity index (χ3n) is 3.67. The van der Waals surface area contributed by atoms with E-state index in [1.165, 1.54) is 11.0 Å². The van der Waals surface area contributed by atoms with E-state index in [4.69, 9.17) is 0 Å². The Hall–Kier alpha value is -2.11. The third kappa shape index (κ3) is 4.94. The quantitative estimate of drug-likeness (QED) is 0.817. The molecule has 0 radical (unpaired) electrons. The molecule has 0 saturated carbocycles. The molecule has 6 nitrogen and oxygen atoms in total. The van der Waals surface area contributed by atoms with Crippen molar-refractivity contribution < 1.29 is 9.59 Å². The molecule has 6 heteroatoms. The number of nitrogens with one attached hydrogen (secondary N) is 1. The maximum absolute atomic E-state index is 12.2. The maximum atomic E-state index is 12.2. The van der Waals surface area contributed by atoms with Crippen molar-refractivity contribution in [2.45, 2.75) is 53.1 Å². The van der Waals surface area contributed by atoms with E-state index in [1.807, 2.05) is 31.6 Å². The van der Waals surface area contributed by atoms with Gasteiger partial charge in [-0.2, -0.15) is 5.10 Å². The van der Waals surface area contributed by atoms with Crippen LogP contribution >= 0.6 is 0 Å². The summed E-state index contributed by atoms with van der Waals surface area (Å²) in [5, 5.41) is 7.44. The fraction of sp³-hybridized carbons (Fsp3) is 0.588. The van der Waals surface area contributed by atoms with Crippen molar-refractivity contribution in [1.29, 1.82) is 0 Å². The predicted octanol–water partition coefficient (Wildman–Crippen LogP) is 2.16. The lowest BCUT2D eigenvalue weighted by Crippen LogP contribution is -2.40. The number of likely N-dealkylation sites (N-methyl/N-ethyl adjacent to an activating group) is 1. The highest BCUT2D eigenvalue weighted by atomic mass is 16.2. The van der Waals surface area contributed by atoms with Crippen LogP contribution in [0.4, 0.5) is 0 Å². The topological polar surface area (TPSA) is 67.2 Å². The molecule has 128 valence electrons. The van der Waals surface area contributed by atoms with Gasteiger partial charge in [-0.1, -0.05) is 6.58 Å². The van der Waals surface area contributed by atoms with E-state index in [0.717, 1.165) is 11.3 Å². The average Bonchev–Trinajstić information content (AvgIpc) is 2.86. The predicted molar refractivity (Wildman–Crippen MR) is 91.0 cm³/mol. The summed E-state index contributed by atoms with van der Waals surface area (Å²) in [4.78, 5) is 25.2. The SMILES string of the molecule is C=CC(=O)N(CC)CC(=O)NC(C)c1cn(C(C)(C)C)nc1C. The normalized spacial score (nSPS) is 12.6. The Morgan fingerprint density at radius 3 is 2.52 bits per heavy atom. The second kappa shape index (κ2) is 7.44. The summed E-state index contributed by atoms with van der Waals surface area (Å²) in [6.07, 6.45) is 3.19. The number of carbonyl (C=O) groups excluding carboxylic acids is 2. The minimum absolute atomic E-state index is 0.0259. The highest BCUT2D eigenvalue weighted by Crippen LogP contribution is 2.21. The molecular weight excluding hydrogens is 292 g/mol. The monoisotopic (exact) mass is 320 g/mol. The lowest BCUT2D eigenvalue weighted by atomic mass is 10.1. The Kier molecular flexibility index (Phi) is 6.12. The zero-order valence-corrected chi connectivity index (χ0v) is 15.0. The largest absolute Gasteiger partial charge is 0.348 e. The smallest absolute Gasteiger partial charge is 0.246 e. The van der Waals surface area contributed by atoms with Gasteiger partial charge in [-0.25, -0.2) is 0 Å². The number of hydrogen-bond donors (Lipinski definition) is 1. The highest BCUT2D eigenvalue weighted by Gasteiger charge is 2.21. The van der Waals surface area contributed by atoms with Gasteiger partial charge >= 0.3 is 0 Å². The fourth-order valence-corrected chi connectivity index (χ4v) is 2.26. The number of rotatable bonds is 6. The average molecular weight is 320 g/mol. The Balaban J connectivity index is 2.78. The molecule has 0 fully saturated rings. The number of aromatic nitrogens is 2. The number of nitrogens with zero attached hydrogens (tertiary/aromatic N) is 3. The van der Waals surface area contributed by atoms with E-state index >= 15 is 0 Å². The molecule has 1 atom stereocenters. The maximum Gasteiger partial charge on any atom is 0.246 e. The van der Waals surface area contributed by atoms with Crippen LogP contribution in [-0.4, -0.2) is 39.6 Å². The first-order chi connectivity index (χ1) is 10.6. The molecule has 0 saturated heterocycles. The van der Waals surface area contributed by atoms with E-state index in [2.05, 4.69) is 37.8 Å². The zero-order valence-electron chi connectivity index (χ0n) is 15.0. The highest BCUT2D eigenvalue weighted by molar-refractivity contribution is 5.90. The van der Waals surface area contributed by atoms with Crippen LogP contribution in [0.3, 0.4) is 0 Å². The van der Waals surface area contributed by atoms with Gasteiger partial charge in [0.1, 0.15) is 0 Å². The number of carbonyl (C=O) groups is 2. The van der Waals surface area contributed by atoms with E-state index in [-0.39, 0.29) is 29.9 Å². The zero-order chi connectivity index (χ0) is 17.8. The van der Waals surface area contributed by atoms with E-state index in [9.17, 15) is 9.59 Å². The van der Waals surface area contributed by atoms with Gasteiger partial charge in [-0.15, -0.1) is 0 Å². The van der Waals surface area contributed by atoms with Gasteiger partial charge in [-0.3, -0.25) is 14.3 Å². The molecule has 0 aromatic carbocycles. The molecular formula is C17H28N4O2. The number of amides is 2. The van der Waals surface area contributed by atoms with Crippen molar-refractivity contribution in [3.8, 4) is 0 Å². The van der Waals surface area contributed by atoms with Crippen LogP contribution in [0.1, 0.15) is 51.9 Å². The summed E-state index contributed by atoms with van der Waals surface area (Å²) in [5.41, 5.74) is 1.76. The second-order valence-electron chi connectivity index (χ2n) is 6.63. The molecule has 1 aromatic heterocycles. The van der Waals surface area contributed by atoms with Crippen LogP contribution in [0.2, 0.25) is 0 Å². The van der Waals surface area contributed by atoms with Gasteiger partial charge in [0.25, 0.3) is 0 Å². The van der Waals surface area contributed by atoms with E-state index < -0.39 is 0 Å². The molecule has 0 aliphatic heterocycles. The molecule has 2 amide bonds. The molecule has 0 bridgehead atoms. The Morgan fingerprint density at radius 2 is 2.09 bits per heavy atom. The van der Waals surface area contributed by atoms with Crippen LogP contribution in [-0.2, 0) is 15.1 Å². The van der Waals surface area contributed by atoms with Crippen molar-refractivity contribution in [2.24, 2.45) is 0 Å². The summed E-state index contributed by atoms with van der Waals surface area (Å²) in [7, 11) is 0. The third-order valence-corrected chi connectivity index (χ3v) is 3.67. The first-order valence-corrected chi connectivity index (χ1v) is 7.87. The Morgan fingerprint density at radius 1 is 1.48 bits per heavy atom. The lowest BCUT2D eigenvalue weighted by Gasteiger charge is -2.21. The van der Waals surface area contributed by atoms with Crippen LogP contribution < -0.4 is 5.32 Å². The standard InChI is InChI=1S/C17H28N4O2/c1-8-16(23)20(9-2)11-15(22)18-12(3)14-10-21(17(5,6)7)19-13(14)4/h8,10,12H,1,9,11H2,2-7H3,(H,18,22). The molecule has 1 N–H and O–H groups in total. The molecule has 0 spiro atoms. The van der Waals surface area contributed by atoms with E-state index in [0.29, 0.717) is 6.54 Å². The van der Waals surface area contributed by atoms with Crippen LogP contribution in [0.25, 0.3) is 0 Å². The molecule has 0 aliphatic rings. The van der Waals surface area contributed by atoms with Gasteiger partial charge in [0.05, 0.1) is 23.8 Å². The molecule has 1 aromatic rings. The first-order valence-electron chi connectivity index (χ1n) is 7.87. The molecule has 0 aliphatic carbocycles. The van der Waals surface area contributed by atoms with Crippen LogP contribution in [0.15, 0.2) is 18.9 Å². The minimum Gasteiger partial charge on any atom is -0.348 e. The molecule has 1 rings (SSSR count). The Labute approximate surface area is 138 Å². The lowest BCUT2D eigenvalue weighted by molar-refractivity contribution is -0.132. The number of hydrogen-bond acceptors (Lipinski definition) is 3. The summed E-state index contributed by atoms with van der Waals surface area (Å²) in [6, 6.07) is -0.170. The fourth-order valence-electron chi connectivity index (χ4n) is 2.26. The Bertz CT molecular complexity index is 584. The van der Waals surface area contributed by atoms with Crippen LogP contribution in [0, 0.1) is 6.92 Å². The van der Waals surface area contributed by atoms with Crippen molar-refractivity contribution in [2.75, 3.05) is 13.1 Å². The second-order valence-corrected chi connectivity index (χ2v) is 6.63.